The Bertz CT molecular complexity index is 1200. The molecule has 4 nitrogen and oxygen atoms in total. The molecule has 188 valence electrons. The molecule has 4 heteroatoms. The van der Waals surface area contributed by atoms with Crippen molar-refractivity contribution < 1.29 is 0 Å². The first kappa shape index (κ1) is 25.8. The van der Waals surface area contributed by atoms with E-state index in [-0.39, 0.29) is 0 Å². The summed E-state index contributed by atoms with van der Waals surface area (Å²) in [6.07, 6.45) is 6.87. The van der Waals surface area contributed by atoms with Crippen LogP contribution in [0.1, 0.15) is 55.9 Å². The van der Waals surface area contributed by atoms with Crippen LogP contribution in [0.15, 0.2) is 79.3 Å². The second-order valence-corrected chi connectivity index (χ2v) is 11.4. The number of nitrogens with one attached hydrogen (secondary N) is 2. The second-order valence-electron chi connectivity index (χ2n) is 11.4. The summed E-state index contributed by atoms with van der Waals surface area (Å²) < 4.78 is 0. The predicted octanol–water partition coefficient (Wildman–Crippen LogP) is 6.63. The van der Waals surface area contributed by atoms with E-state index in [1.54, 1.807) is 0 Å². The predicted molar refractivity (Wildman–Crippen MR) is 152 cm³/mol. The minimum Gasteiger partial charge on any atom is -0.381 e. The van der Waals surface area contributed by atoms with Gasteiger partial charge >= 0.3 is 0 Å². The molecule has 1 saturated heterocycles. The van der Waals surface area contributed by atoms with Crippen LogP contribution in [0.25, 0.3) is 11.1 Å². The maximum Gasteiger partial charge on any atom is 0.0840 e. The van der Waals surface area contributed by atoms with Crippen LogP contribution in [0, 0.1) is 17.7 Å². The monoisotopic (exact) mass is 480 g/mol. The van der Waals surface area contributed by atoms with Crippen molar-refractivity contribution in [3.8, 4) is 11.1 Å². The molecule has 0 radical (unpaired) electrons. The number of rotatable bonds is 8. The van der Waals surface area contributed by atoms with E-state index >= 15 is 0 Å². The van der Waals surface area contributed by atoms with Crippen molar-refractivity contribution in [2.75, 3.05) is 19.6 Å². The third kappa shape index (κ3) is 6.92. The molecule has 3 aromatic rings. The Morgan fingerprint density at radius 3 is 2.42 bits per heavy atom. The molecule has 2 aromatic carbocycles. The van der Waals surface area contributed by atoms with Crippen LogP contribution in [0.3, 0.4) is 0 Å². The number of pyridine rings is 1. The largest absolute Gasteiger partial charge is 0.381 e. The molecule has 1 fully saturated rings. The van der Waals surface area contributed by atoms with Gasteiger partial charge in [-0.1, -0.05) is 69.8 Å². The van der Waals surface area contributed by atoms with Crippen molar-refractivity contribution in [1.29, 1.82) is 5.41 Å². The summed E-state index contributed by atoms with van der Waals surface area (Å²) in [5.74, 6) is 0. The SMILES string of the molecule is C=C(NC1CCN(CC(C)(C)C)CC1)C(=N)c1cc(-c2cncc(Cc3ccccc3)c2)ccc1C. The maximum atomic E-state index is 8.91. The van der Waals surface area contributed by atoms with E-state index in [1.807, 2.05) is 18.5 Å². The van der Waals surface area contributed by atoms with Crippen molar-refractivity contribution in [2.45, 2.75) is 53.0 Å². The molecule has 0 atom stereocenters. The quantitative estimate of drug-likeness (QED) is 0.356. The van der Waals surface area contributed by atoms with E-state index in [2.05, 4.69) is 98.0 Å². The van der Waals surface area contributed by atoms with Gasteiger partial charge in [0.15, 0.2) is 0 Å². The topological polar surface area (TPSA) is 52.0 Å². The van der Waals surface area contributed by atoms with Gasteiger partial charge in [-0.15, -0.1) is 0 Å². The molecular weight excluding hydrogens is 440 g/mol. The van der Waals surface area contributed by atoms with Gasteiger partial charge < -0.3 is 10.2 Å². The van der Waals surface area contributed by atoms with E-state index in [4.69, 9.17) is 5.41 Å². The number of nitrogens with zero attached hydrogens (tertiary/aromatic N) is 2. The average Bonchev–Trinajstić information content (AvgIpc) is 2.85. The van der Waals surface area contributed by atoms with Gasteiger partial charge in [0.2, 0.25) is 0 Å². The fraction of sp³-hybridized carbons (Fsp3) is 0.375. The highest BCUT2D eigenvalue weighted by Gasteiger charge is 2.24. The first-order valence-corrected chi connectivity index (χ1v) is 13.0. The number of benzene rings is 2. The number of allylic oxidation sites excluding steroid dienone is 1. The summed E-state index contributed by atoms with van der Waals surface area (Å²) in [5, 5.41) is 12.5. The van der Waals surface area contributed by atoms with Gasteiger partial charge in [0.1, 0.15) is 0 Å². The normalized spacial score (nSPS) is 15.0. The van der Waals surface area contributed by atoms with Crippen LogP contribution in [0.5, 0.6) is 0 Å². The zero-order valence-electron chi connectivity index (χ0n) is 22.3. The third-order valence-corrected chi connectivity index (χ3v) is 6.85. The van der Waals surface area contributed by atoms with Gasteiger partial charge in [-0.05, 0) is 66.0 Å². The molecule has 0 unspecified atom stereocenters. The highest BCUT2D eigenvalue weighted by molar-refractivity contribution is 6.11. The first-order valence-electron chi connectivity index (χ1n) is 13.0. The number of hydrogen-bond donors (Lipinski definition) is 2. The van der Waals surface area contributed by atoms with E-state index in [0.717, 1.165) is 61.2 Å². The van der Waals surface area contributed by atoms with Gasteiger partial charge in [-0.2, -0.15) is 0 Å². The zero-order chi connectivity index (χ0) is 25.7. The van der Waals surface area contributed by atoms with Gasteiger partial charge in [-0.25, -0.2) is 0 Å². The van der Waals surface area contributed by atoms with Gasteiger partial charge in [0, 0.05) is 49.2 Å². The summed E-state index contributed by atoms with van der Waals surface area (Å²) in [4.78, 5) is 7.06. The molecule has 0 aliphatic carbocycles. The molecule has 0 saturated carbocycles. The summed E-state index contributed by atoms with van der Waals surface area (Å²) in [7, 11) is 0. The minimum atomic E-state index is 0.325. The van der Waals surface area contributed by atoms with Crippen molar-refractivity contribution in [3.05, 3.63) is 102 Å². The van der Waals surface area contributed by atoms with Crippen molar-refractivity contribution in [3.63, 3.8) is 0 Å². The smallest absolute Gasteiger partial charge is 0.0840 e. The van der Waals surface area contributed by atoms with Crippen LogP contribution in [-0.4, -0.2) is 41.3 Å². The number of hydrogen-bond acceptors (Lipinski definition) is 4. The summed E-state index contributed by atoms with van der Waals surface area (Å²) in [6, 6.07) is 19.4. The molecule has 1 aromatic heterocycles. The fourth-order valence-corrected chi connectivity index (χ4v) is 5.03. The Morgan fingerprint density at radius 1 is 1.00 bits per heavy atom. The lowest BCUT2D eigenvalue weighted by Gasteiger charge is -2.36. The standard InChI is InChI=1S/C32H40N4/c1-23-11-12-27(28-18-26(20-34-21-28)17-25-9-7-6-8-10-25)19-30(23)31(33)24(2)35-29-13-15-36(16-14-29)22-32(3,4)5/h6-12,18-21,29,33,35H,2,13-17,22H2,1,3-5H3. The molecule has 1 aliphatic rings. The van der Waals surface area contributed by atoms with E-state index in [9.17, 15) is 0 Å². The molecule has 0 bridgehead atoms. The molecule has 36 heavy (non-hydrogen) atoms. The van der Waals surface area contributed by atoms with E-state index in [1.165, 1.54) is 11.1 Å². The lowest BCUT2D eigenvalue weighted by molar-refractivity contribution is 0.149. The number of aromatic nitrogens is 1. The van der Waals surface area contributed by atoms with Crippen LogP contribution >= 0.6 is 0 Å². The lowest BCUT2D eigenvalue weighted by atomic mass is 9.93. The van der Waals surface area contributed by atoms with Crippen molar-refractivity contribution >= 4 is 5.71 Å². The Labute approximate surface area is 217 Å². The molecule has 1 aliphatic heterocycles. The second kappa shape index (κ2) is 11.2. The van der Waals surface area contributed by atoms with Crippen LogP contribution in [-0.2, 0) is 6.42 Å². The summed E-state index contributed by atoms with van der Waals surface area (Å²) in [5.41, 5.74) is 8.11. The first-order chi connectivity index (χ1) is 17.2. The van der Waals surface area contributed by atoms with Gasteiger partial charge in [0.25, 0.3) is 0 Å². The van der Waals surface area contributed by atoms with Crippen molar-refractivity contribution in [2.24, 2.45) is 5.41 Å². The minimum absolute atomic E-state index is 0.325. The zero-order valence-corrected chi connectivity index (χ0v) is 22.3. The molecule has 2 N–H and O–H groups in total. The maximum absolute atomic E-state index is 8.91. The van der Waals surface area contributed by atoms with Gasteiger partial charge in [-0.3, -0.25) is 10.4 Å². The Hall–Kier alpha value is -3.24. The van der Waals surface area contributed by atoms with E-state index < -0.39 is 0 Å². The average molecular weight is 481 g/mol. The highest BCUT2D eigenvalue weighted by atomic mass is 15.1. The molecular formula is C32H40N4. The molecule has 0 spiro atoms. The number of piperidine rings is 1. The fourth-order valence-electron chi connectivity index (χ4n) is 5.03. The van der Waals surface area contributed by atoms with E-state index in [0.29, 0.717) is 22.9 Å². The summed E-state index contributed by atoms with van der Waals surface area (Å²) >= 11 is 0. The van der Waals surface area contributed by atoms with Crippen LogP contribution < -0.4 is 5.32 Å². The van der Waals surface area contributed by atoms with Gasteiger partial charge in [0.05, 0.1) is 11.4 Å². The summed E-state index contributed by atoms with van der Waals surface area (Å²) in [6.45, 7) is 16.5. The lowest BCUT2D eigenvalue weighted by Crippen LogP contribution is -2.45. The molecule has 2 heterocycles. The third-order valence-electron chi connectivity index (χ3n) is 6.85. The Morgan fingerprint density at radius 2 is 1.72 bits per heavy atom. The highest BCUT2D eigenvalue weighted by Crippen LogP contribution is 2.25. The number of likely N-dealkylation sites (tertiary alicyclic amines) is 1. The Balaban J connectivity index is 1.43. The number of aryl methyl sites for hydroxylation is 1. The molecule has 0 amide bonds. The molecule has 4 rings (SSSR count). The Kier molecular flexibility index (Phi) is 8.05. The van der Waals surface area contributed by atoms with Crippen LogP contribution in [0.2, 0.25) is 0 Å². The van der Waals surface area contributed by atoms with Crippen molar-refractivity contribution in [1.82, 2.24) is 15.2 Å². The van der Waals surface area contributed by atoms with Crippen LogP contribution in [0.4, 0.5) is 0 Å².